The molecule has 0 aliphatic heterocycles. The molecule has 140 valence electrons. The first-order valence-electron chi connectivity index (χ1n) is 7.94. The third-order valence-corrected chi connectivity index (χ3v) is 4.82. The van der Waals surface area contributed by atoms with Gasteiger partial charge in [0.25, 0.3) is 5.91 Å². The van der Waals surface area contributed by atoms with Gasteiger partial charge in [-0.2, -0.15) is 5.26 Å². The number of anilines is 1. The van der Waals surface area contributed by atoms with Crippen LogP contribution < -0.4 is 5.32 Å². The zero-order valence-electron chi connectivity index (χ0n) is 14.9. The molecule has 2 aromatic rings. The van der Waals surface area contributed by atoms with Crippen molar-refractivity contribution in [2.24, 2.45) is 0 Å². The number of benzene rings is 2. The molecule has 2 rings (SSSR count). The topological polar surface area (TPSA) is 113 Å². The summed E-state index contributed by atoms with van der Waals surface area (Å²) in [5.41, 5.74) is 1.96. The Morgan fingerprint density at radius 1 is 1.15 bits per heavy atom. The van der Waals surface area contributed by atoms with Crippen molar-refractivity contribution < 1.29 is 22.7 Å². The highest BCUT2D eigenvalue weighted by molar-refractivity contribution is 7.90. The Morgan fingerprint density at radius 2 is 1.81 bits per heavy atom. The molecule has 2 aromatic carbocycles. The fraction of sp³-hybridized carbons (Fsp3) is 0.211. The van der Waals surface area contributed by atoms with Crippen LogP contribution in [0.4, 0.5) is 5.69 Å². The lowest BCUT2D eigenvalue weighted by molar-refractivity contribution is -0.119. The number of nitrogens with zero attached hydrogens (tertiary/aromatic N) is 1. The first-order valence-corrected chi connectivity index (χ1v) is 9.83. The number of sulfone groups is 1. The van der Waals surface area contributed by atoms with Crippen LogP contribution in [0.2, 0.25) is 0 Å². The van der Waals surface area contributed by atoms with Gasteiger partial charge >= 0.3 is 5.97 Å². The molecule has 0 saturated carbocycles. The van der Waals surface area contributed by atoms with Crippen LogP contribution in [-0.2, 0) is 25.8 Å². The van der Waals surface area contributed by atoms with Crippen molar-refractivity contribution >= 4 is 27.4 Å². The van der Waals surface area contributed by atoms with Crippen molar-refractivity contribution in [3.05, 3.63) is 59.2 Å². The van der Waals surface area contributed by atoms with Crippen molar-refractivity contribution in [3.63, 3.8) is 0 Å². The molecule has 0 aromatic heterocycles. The molecule has 0 radical (unpaired) electrons. The quantitative estimate of drug-likeness (QED) is 0.762. The maximum atomic E-state index is 12.2. The molecule has 1 N–H and O–H groups in total. The summed E-state index contributed by atoms with van der Waals surface area (Å²) in [6.07, 6.45) is 1.32. The van der Waals surface area contributed by atoms with Crippen LogP contribution in [-0.4, -0.2) is 33.2 Å². The maximum absolute atomic E-state index is 12.2. The number of carbonyl (C=O) groups is 2. The molecule has 0 spiro atoms. The minimum Gasteiger partial charge on any atom is -0.452 e. The third-order valence-electron chi connectivity index (χ3n) is 3.71. The summed E-state index contributed by atoms with van der Waals surface area (Å²) in [7, 11) is -3.46. The van der Waals surface area contributed by atoms with Crippen LogP contribution in [0, 0.1) is 18.3 Å². The summed E-state index contributed by atoms with van der Waals surface area (Å²) in [6.45, 7) is 1.13. The second-order valence-electron chi connectivity index (χ2n) is 5.91. The molecule has 0 heterocycles. The highest BCUT2D eigenvalue weighted by Crippen LogP contribution is 2.17. The standard InChI is InChI=1S/C19H18N2O5S/c1-13-3-8-16(27(2,24)25)11-17(13)19(23)26-12-18(22)21-15-6-4-14(5-7-15)9-10-20/h3-8,11H,9,12H2,1-2H3,(H,21,22). The summed E-state index contributed by atoms with van der Waals surface area (Å²) in [5, 5.41) is 11.2. The summed E-state index contributed by atoms with van der Waals surface area (Å²) in [4.78, 5) is 24.1. The van der Waals surface area contributed by atoms with Crippen LogP contribution in [0.1, 0.15) is 21.5 Å². The van der Waals surface area contributed by atoms with E-state index in [1.165, 1.54) is 18.2 Å². The molecule has 27 heavy (non-hydrogen) atoms. The molecular weight excluding hydrogens is 368 g/mol. The Kier molecular flexibility index (Phi) is 6.32. The normalized spacial score (nSPS) is 10.7. The molecule has 0 fully saturated rings. The summed E-state index contributed by atoms with van der Waals surface area (Å²) in [6, 6.07) is 12.9. The van der Waals surface area contributed by atoms with Crippen molar-refractivity contribution in [2.45, 2.75) is 18.2 Å². The van der Waals surface area contributed by atoms with Crippen LogP contribution in [0.15, 0.2) is 47.4 Å². The van der Waals surface area contributed by atoms with Crippen LogP contribution in [0.3, 0.4) is 0 Å². The van der Waals surface area contributed by atoms with E-state index in [0.717, 1.165) is 11.8 Å². The number of ether oxygens (including phenoxy) is 1. The predicted molar refractivity (Wildman–Crippen MR) is 99.0 cm³/mol. The van der Waals surface area contributed by atoms with E-state index in [0.29, 0.717) is 11.3 Å². The molecule has 7 nitrogen and oxygen atoms in total. The van der Waals surface area contributed by atoms with Gasteiger partial charge in [0.15, 0.2) is 16.4 Å². The van der Waals surface area contributed by atoms with Crippen molar-refractivity contribution in [1.82, 2.24) is 0 Å². The largest absolute Gasteiger partial charge is 0.452 e. The lowest BCUT2D eigenvalue weighted by Gasteiger charge is -2.09. The van der Waals surface area contributed by atoms with E-state index in [2.05, 4.69) is 5.32 Å². The minimum absolute atomic E-state index is 0.00182. The number of nitrogens with one attached hydrogen (secondary N) is 1. The highest BCUT2D eigenvalue weighted by atomic mass is 32.2. The average Bonchev–Trinajstić information content (AvgIpc) is 2.61. The average molecular weight is 386 g/mol. The lowest BCUT2D eigenvalue weighted by Crippen LogP contribution is -2.21. The Hall–Kier alpha value is -3.18. The van der Waals surface area contributed by atoms with Gasteiger partial charge in [-0.05, 0) is 42.3 Å². The number of nitriles is 1. The molecule has 0 aliphatic carbocycles. The van der Waals surface area contributed by atoms with Crippen molar-refractivity contribution in [1.29, 1.82) is 5.26 Å². The third kappa shape index (κ3) is 5.66. The predicted octanol–water partition coefficient (Wildman–Crippen LogP) is 2.26. The molecule has 0 saturated heterocycles. The number of hydrogen-bond acceptors (Lipinski definition) is 6. The number of aryl methyl sites for hydroxylation is 1. The molecular formula is C19H18N2O5S. The zero-order valence-corrected chi connectivity index (χ0v) is 15.7. The van der Waals surface area contributed by atoms with Crippen LogP contribution in [0.25, 0.3) is 0 Å². The molecule has 0 atom stereocenters. The van der Waals surface area contributed by atoms with Gasteiger partial charge in [-0.3, -0.25) is 4.79 Å². The number of carbonyl (C=O) groups excluding carboxylic acids is 2. The van der Waals surface area contributed by atoms with Crippen LogP contribution >= 0.6 is 0 Å². The Balaban J connectivity index is 1.99. The fourth-order valence-corrected chi connectivity index (χ4v) is 2.90. The first-order chi connectivity index (χ1) is 12.7. The summed E-state index contributed by atoms with van der Waals surface area (Å²) < 4.78 is 28.2. The van der Waals surface area contributed by atoms with E-state index in [1.54, 1.807) is 31.2 Å². The Labute approximate surface area is 157 Å². The molecule has 8 heteroatoms. The van der Waals surface area contributed by atoms with E-state index < -0.39 is 28.3 Å². The van der Waals surface area contributed by atoms with Crippen molar-refractivity contribution in [2.75, 3.05) is 18.2 Å². The Bertz CT molecular complexity index is 1010. The maximum Gasteiger partial charge on any atom is 0.338 e. The monoisotopic (exact) mass is 386 g/mol. The number of amides is 1. The second-order valence-corrected chi connectivity index (χ2v) is 7.92. The van der Waals surface area contributed by atoms with Gasteiger partial charge in [0, 0.05) is 11.9 Å². The van der Waals surface area contributed by atoms with Gasteiger partial charge in [-0.1, -0.05) is 18.2 Å². The number of hydrogen-bond donors (Lipinski definition) is 1. The van der Waals surface area contributed by atoms with Gasteiger partial charge in [-0.15, -0.1) is 0 Å². The SMILES string of the molecule is Cc1ccc(S(C)(=O)=O)cc1C(=O)OCC(=O)Nc1ccc(CC#N)cc1. The smallest absolute Gasteiger partial charge is 0.338 e. The molecule has 0 unspecified atom stereocenters. The van der Waals surface area contributed by atoms with Crippen molar-refractivity contribution in [3.8, 4) is 6.07 Å². The molecule has 0 aliphatic rings. The lowest BCUT2D eigenvalue weighted by atomic mass is 10.1. The highest BCUT2D eigenvalue weighted by Gasteiger charge is 2.16. The van der Waals surface area contributed by atoms with Gasteiger partial charge in [0.05, 0.1) is 22.9 Å². The number of esters is 1. The van der Waals surface area contributed by atoms with Crippen LogP contribution in [0.5, 0.6) is 0 Å². The second kappa shape index (κ2) is 8.47. The van der Waals surface area contributed by atoms with Gasteiger partial charge in [0.1, 0.15) is 0 Å². The van der Waals surface area contributed by atoms with E-state index in [1.807, 2.05) is 6.07 Å². The van der Waals surface area contributed by atoms with E-state index in [-0.39, 0.29) is 16.9 Å². The van der Waals surface area contributed by atoms with Gasteiger partial charge < -0.3 is 10.1 Å². The van der Waals surface area contributed by atoms with E-state index in [9.17, 15) is 18.0 Å². The van der Waals surface area contributed by atoms with Gasteiger partial charge in [-0.25, -0.2) is 13.2 Å². The Morgan fingerprint density at radius 3 is 2.41 bits per heavy atom. The van der Waals surface area contributed by atoms with E-state index in [4.69, 9.17) is 10.00 Å². The zero-order chi connectivity index (χ0) is 20.0. The number of rotatable bonds is 6. The molecule has 0 bridgehead atoms. The summed E-state index contributed by atoms with van der Waals surface area (Å²) >= 11 is 0. The van der Waals surface area contributed by atoms with E-state index >= 15 is 0 Å². The fourth-order valence-electron chi connectivity index (χ4n) is 2.25. The molecule has 1 amide bonds. The summed E-state index contributed by atoms with van der Waals surface area (Å²) in [5.74, 6) is -1.31. The van der Waals surface area contributed by atoms with Gasteiger partial charge in [0.2, 0.25) is 0 Å². The first kappa shape index (κ1) is 20.1. The minimum atomic E-state index is -3.46.